The van der Waals surface area contributed by atoms with Crippen molar-refractivity contribution < 1.29 is 24.2 Å². The molecule has 0 radical (unpaired) electrons. The van der Waals surface area contributed by atoms with Gasteiger partial charge < -0.3 is 15.2 Å². The van der Waals surface area contributed by atoms with E-state index in [2.05, 4.69) is 0 Å². The number of aliphatic carboxylic acids is 1. The summed E-state index contributed by atoms with van der Waals surface area (Å²) in [6.45, 7) is 6.39. The molecule has 6 heteroatoms. The van der Waals surface area contributed by atoms with Crippen LogP contribution in [0.2, 0.25) is 0 Å². The van der Waals surface area contributed by atoms with E-state index in [1.165, 1.54) is 6.92 Å². The first-order valence-electron chi connectivity index (χ1n) is 4.40. The Balaban J connectivity index is 4.23. The maximum absolute atomic E-state index is 11.3. The number of hydrogen-bond donors (Lipinski definition) is 2. The van der Waals surface area contributed by atoms with Crippen LogP contribution in [-0.4, -0.2) is 34.6 Å². The van der Waals surface area contributed by atoms with Crippen molar-refractivity contribution in [2.75, 3.05) is 0 Å². The SMILES string of the molecule is CC(NC(=O)C(=O)O)C(=O)OC(C)(C)C. The Morgan fingerprint density at radius 3 is 2.07 bits per heavy atom. The highest BCUT2D eigenvalue weighted by molar-refractivity contribution is 6.31. The third kappa shape index (κ3) is 5.66. The molecule has 0 saturated heterocycles. The van der Waals surface area contributed by atoms with Gasteiger partial charge in [0, 0.05) is 0 Å². The predicted molar refractivity (Wildman–Crippen MR) is 51.1 cm³/mol. The lowest BCUT2D eigenvalue weighted by Gasteiger charge is -2.22. The van der Waals surface area contributed by atoms with Gasteiger partial charge in [0.2, 0.25) is 0 Å². The van der Waals surface area contributed by atoms with Gasteiger partial charge in [-0.25, -0.2) is 9.59 Å². The summed E-state index contributed by atoms with van der Waals surface area (Å²) in [6, 6.07) is -0.979. The molecule has 1 amide bonds. The molecule has 86 valence electrons. The van der Waals surface area contributed by atoms with Gasteiger partial charge in [0.25, 0.3) is 0 Å². The molecule has 0 fully saturated rings. The van der Waals surface area contributed by atoms with E-state index in [9.17, 15) is 14.4 Å². The molecule has 0 aliphatic rings. The van der Waals surface area contributed by atoms with Crippen LogP contribution in [0.5, 0.6) is 0 Å². The number of nitrogens with one attached hydrogen (secondary N) is 1. The van der Waals surface area contributed by atoms with Gasteiger partial charge in [0.15, 0.2) is 0 Å². The van der Waals surface area contributed by atoms with E-state index in [0.717, 1.165) is 0 Å². The minimum Gasteiger partial charge on any atom is -0.474 e. The summed E-state index contributed by atoms with van der Waals surface area (Å²) < 4.78 is 4.93. The Morgan fingerprint density at radius 1 is 1.27 bits per heavy atom. The summed E-state index contributed by atoms with van der Waals surface area (Å²) >= 11 is 0. The van der Waals surface area contributed by atoms with E-state index in [4.69, 9.17) is 9.84 Å². The number of carboxylic acid groups (broad SMARTS) is 1. The van der Waals surface area contributed by atoms with Gasteiger partial charge in [-0.15, -0.1) is 0 Å². The Kier molecular flexibility index (Phi) is 4.26. The summed E-state index contributed by atoms with van der Waals surface area (Å²) in [5.74, 6) is -3.53. The normalized spacial score (nSPS) is 12.8. The highest BCUT2D eigenvalue weighted by Crippen LogP contribution is 2.08. The van der Waals surface area contributed by atoms with E-state index in [1.807, 2.05) is 5.32 Å². The molecular weight excluding hydrogens is 202 g/mol. The van der Waals surface area contributed by atoms with Crippen LogP contribution in [-0.2, 0) is 19.1 Å². The molecule has 0 aromatic heterocycles. The van der Waals surface area contributed by atoms with Gasteiger partial charge in [-0.2, -0.15) is 0 Å². The lowest BCUT2D eigenvalue weighted by molar-refractivity contribution is -0.159. The molecular formula is C9H15NO5. The number of hydrogen-bond acceptors (Lipinski definition) is 4. The lowest BCUT2D eigenvalue weighted by Crippen LogP contribution is -2.44. The minimum absolute atomic E-state index is 0.667. The average Bonchev–Trinajstić information content (AvgIpc) is 2.00. The van der Waals surface area contributed by atoms with Crippen LogP contribution >= 0.6 is 0 Å². The molecule has 0 aromatic rings. The van der Waals surface area contributed by atoms with Crippen LogP contribution in [0.4, 0.5) is 0 Å². The zero-order chi connectivity index (χ0) is 12.2. The van der Waals surface area contributed by atoms with Crippen LogP contribution in [0, 0.1) is 0 Å². The van der Waals surface area contributed by atoms with E-state index in [0.29, 0.717) is 0 Å². The second-order valence-corrected chi connectivity index (χ2v) is 4.03. The Labute approximate surface area is 87.6 Å². The molecule has 0 rings (SSSR count). The van der Waals surface area contributed by atoms with Crippen LogP contribution < -0.4 is 5.32 Å². The van der Waals surface area contributed by atoms with Crippen LogP contribution in [0.25, 0.3) is 0 Å². The molecule has 0 saturated carbocycles. The van der Waals surface area contributed by atoms with Gasteiger partial charge in [-0.05, 0) is 27.7 Å². The first-order chi connectivity index (χ1) is 6.63. The quantitative estimate of drug-likeness (QED) is 0.498. The molecule has 1 unspecified atom stereocenters. The molecule has 1 atom stereocenters. The highest BCUT2D eigenvalue weighted by Gasteiger charge is 2.24. The summed E-state index contributed by atoms with van der Waals surface area (Å²) in [7, 11) is 0. The van der Waals surface area contributed by atoms with Gasteiger partial charge in [-0.3, -0.25) is 4.79 Å². The Bertz CT molecular complexity index is 279. The van der Waals surface area contributed by atoms with Gasteiger partial charge in [0.05, 0.1) is 0 Å². The Hall–Kier alpha value is -1.59. The summed E-state index contributed by atoms with van der Waals surface area (Å²) in [4.78, 5) is 32.2. The van der Waals surface area contributed by atoms with Crippen molar-refractivity contribution in [3.63, 3.8) is 0 Å². The van der Waals surface area contributed by atoms with Crippen molar-refractivity contribution in [1.29, 1.82) is 0 Å². The standard InChI is InChI=1S/C9H15NO5/c1-5(10-6(11)7(12)13)8(14)15-9(2,3)4/h5H,1-4H3,(H,10,11)(H,12,13). The van der Waals surface area contributed by atoms with Crippen molar-refractivity contribution in [3.8, 4) is 0 Å². The predicted octanol–water partition coefficient (Wildman–Crippen LogP) is -0.0826. The first kappa shape index (κ1) is 13.4. The zero-order valence-electron chi connectivity index (χ0n) is 9.16. The molecule has 0 spiro atoms. The number of esters is 1. The molecule has 0 aliphatic carbocycles. The minimum atomic E-state index is -1.63. The Morgan fingerprint density at radius 2 is 1.73 bits per heavy atom. The fourth-order valence-electron chi connectivity index (χ4n) is 0.707. The number of rotatable bonds is 2. The maximum atomic E-state index is 11.3. The molecule has 0 heterocycles. The van der Waals surface area contributed by atoms with E-state index in [1.54, 1.807) is 20.8 Å². The number of carbonyl (C=O) groups is 3. The number of ether oxygens (including phenoxy) is 1. The summed E-state index contributed by atoms with van der Waals surface area (Å²) in [5, 5.41) is 10.3. The largest absolute Gasteiger partial charge is 0.474 e. The molecule has 2 N–H and O–H groups in total. The van der Waals surface area contributed by atoms with Crippen LogP contribution in [0.1, 0.15) is 27.7 Å². The van der Waals surface area contributed by atoms with E-state index >= 15 is 0 Å². The van der Waals surface area contributed by atoms with Crippen molar-refractivity contribution in [2.45, 2.75) is 39.3 Å². The number of carboxylic acids is 1. The van der Waals surface area contributed by atoms with Gasteiger partial charge in [-0.1, -0.05) is 0 Å². The van der Waals surface area contributed by atoms with Crippen molar-refractivity contribution >= 4 is 17.8 Å². The summed E-state index contributed by atoms with van der Waals surface area (Å²) in [5.41, 5.74) is -0.667. The number of amides is 1. The molecule has 0 aliphatic heterocycles. The maximum Gasteiger partial charge on any atom is 0.394 e. The lowest BCUT2D eigenvalue weighted by atomic mass is 10.2. The first-order valence-corrected chi connectivity index (χ1v) is 4.40. The number of carbonyl (C=O) groups excluding carboxylic acids is 2. The second kappa shape index (κ2) is 4.77. The average molecular weight is 217 g/mol. The van der Waals surface area contributed by atoms with Gasteiger partial charge >= 0.3 is 17.8 Å². The van der Waals surface area contributed by atoms with E-state index < -0.39 is 29.5 Å². The fourth-order valence-corrected chi connectivity index (χ4v) is 0.707. The third-order valence-corrected chi connectivity index (χ3v) is 1.30. The molecule has 0 aromatic carbocycles. The smallest absolute Gasteiger partial charge is 0.394 e. The highest BCUT2D eigenvalue weighted by atomic mass is 16.6. The second-order valence-electron chi connectivity index (χ2n) is 4.03. The molecule has 6 nitrogen and oxygen atoms in total. The molecule has 15 heavy (non-hydrogen) atoms. The van der Waals surface area contributed by atoms with Crippen molar-refractivity contribution in [3.05, 3.63) is 0 Å². The van der Waals surface area contributed by atoms with Gasteiger partial charge in [0.1, 0.15) is 11.6 Å². The zero-order valence-corrected chi connectivity index (χ0v) is 9.16. The fraction of sp³-hybridized carbons (Fsp3) is 0.667. The van der Waals surface area contributed by atoms with E-state index in [-0.39, 0.29) is 0 Å². The third-order valence-electron chi connectivity index (χ3n) is 1.30. The van der Waals surface area contributed by atoms with Crippen LogP contribution in [0.3, 0.4) is 0 Å². The topological polar surface area (TPSA) is 92.7 Å². The van der Waals surface area contributed by atoms with Crippen molar-refractivity contribution in [1.82, 2.24) is 5.32 Å². The molecule has 0 bridgehead atoms. The van der Waals surface area contributed by atoms with Crippen molar-refractivity contribution in [2.24, 2.45) is 0 Å². The monoisotopic (exact) mass is 217 g/mol. The van der Waals surface area contributed by atoms with Crippen LogP contribution in [0.15, 0.2) is 0 Å². The summed E-state index contributed by atoms with van der Waals surface area (Å²) in [6.07, 6.45) is 0.